The number of thiophene rings is 1. The highest BCUT2D eigenvalue weighted by Crippen LogP contribution is 2.25. The molecule has 0 amide bonds. The van der Waals surface area contributed by atoms with Gasteiger partial charge in [-0.05, 0) is 25.6 Å². The predicted octanol–water partition coefficient (Wildman–Crippen LogP) is 2.54. The van der Waals surface area contributed by atoms with Gasteiger partial charge in [-0.25, -0.2) is 4.98 Å². The largest absolute Gasteiger partial charge is 0.349 e. The molecule has 1 atom stereocenters. The van der Waals surface area contributed by atoms with Gasteiger partial charge in [-0.3, -0.25) is 0 Å². The number of aryl methyl sites for hydroxylation is 1. The molecule has 2 aromatic rings. The lowest BCUT2D eigenvalue weighted by molar-refractivity contribution is 0.587. The van der Waals surface area contributed by atoms with E-state index in [4.69, 9.17) is 0 Å². The van der Waals surface area contributed by atoms with E-state index < -0.39 is 0 Å². The van der Waals surface area contributed by atoms with E-state index >= 15 is 0 Å². The van der Waals surface area contributed by atoms with Gasteiger partial charge >= 0.3 is 0 Å². The quantitative estimate of drug-likeness (QED) is 0.836. The number of hydrogen-bond donors (Lipinski definition) is 2. The van der Waals surface area contributed by atoms with Crippen LogP contribution in [0.4, 0.5) is 0 Å². The molecule has 0 spiro atoms. The number of imidazole rings is 1. The molecule has 86 valence electrons. The van der Waals surface area contributed by atoms with Crippen molar-refractivity contribution in [2.24, 2.45) is 0 Å². The van der Waals surface area contributed by atoms with Gasteiger partial charge in [0.1, 0.15) is 5.82 Å². The summed E-state index contributed by atoms with van der Waals surface area (Å²) in [6.45, 7) is 2.19. The van der Waals surface area contributed by atoms with Gasteiger partial charge in [0.15, 0.2) is 0 Å². The Morgan fingerprint density at radius 2 is 2.38 bits per heavy atom. The number of nitrogens with zero attached hydrogens (tertiary/aromatic N) is 1. The summed E-state index contributed by atoms with van der Waals surface area (Å²) >= 11 is 1.88. The van der Waals surface area contributed by atoms with Crippen LogP contribution in [0.1, 0.15) is 28.5 Å². The Morgan fingerprint density at radius 1 is 1.50 bits per heavy atom. The van der Waals surface area contributed by atoms with Gasteiger partial charge in [-0.15, -0.1) is 11.3 Å². The lowest BCUT2D eigenvalue weighted by Gasteiger charge is -2.12. The van der Waals surface area contributed by atoms with Gasteiger partial charge < -0.3 is 10.3 Å². The number of rotatable bonds is 5. The molecule has 2 rings (SSSR count). The van der Waals surface area contributed by atoms with Crippen molar-refractivity contribution in [1.29, 1.82) is 0 Å². The number of aromatic amines is 1. The summed E-state index contributed by atoms with van der Waals surface area (Å²) in [5.74, 6) is 1.03. The van der Waals surface area contributed by atoms with Crippen molar-refractivity contribution in [3.05, 3.63) is 40.1 Å². The number of likely N-dealkylation sites (N-methyl/N-ethyl adjacent to an activating group) is 1. The van der Waals surface area contributed by atoms with Crippen molar-refractivity contribution in [3.8, 4) is 0 Å². The van der Waals surface area contributed by atoms with Gasteiger partial charge in [0.05, 0.1) is 0 Å². The monoisotopic (exact) mass is 235 g/mol. The van der Waals surface area contributed by atoms with Crippen LogP contribution in [0, 0.1) is 0 Å². The van der Waals surface area contributed by atoms with E-state index in [1.165, 1.54) is 9.75 Å². The lowest BCUT2D eigenvalue weighted by atomic mass is 10.1. The van der Waals surface area contributed by atoms with Crippen LogP contribution in [0.15, 0.2) is 24.5 Å². The van der Waals surface area contributed by atoms with Gasteiger partial charge in [-0.1, -0.05) is 6.92 Å². The van der Waals surface area contributed by atoms with Gasteiger partial charge in [0, 0.05) is 34.6 Å². The molecule has 2 N–H and O–H groups in total. The maximum atomic E-state index is 4.27. The van der Waals surface area contributed by atoms with E-state index in [1.807, 2.05) is 24.6 Å². The van der Waals surface area contributed by atoms with Crippen LogP contribution in [0.5, 0.6) is 0 Å². The molecule has 1 unspecified atom stereocenters. The van der Waals surface area contributed by atoms with Crippen molar-refractivity contribution >= 4 is 11.3 Å². The molecular formula is C12H17N3S. The molecule has 0 saturated carbocycles. The molecule has 0 saturated heterocycles. The number of hydrogen-bond acceptors (Lipinski definition) is 3. The summed E-state index contributed by atoms with van der Waals surface area (Å²) in [5.41, 5.74) is 0. The Labute approximate surface area is 99.9 Å². The molecule has 2 aromatic heterocycles. The summed E-state index contributed by atoms with van der Waals surface area (Å²) < 4.78 is 0. The highest BCUT2D eigenvalue weighted by atomic mass is 32.1. The Hall–Kier alpha value is -1.13. The first-order chi connectivity index (χ1) is 7.83. The molecule has 0 aliphatic rings. The van der Waals surface area contributed by atoms with Gasteiger partial charge in [0.2, 0.25) is 0 Å². The van der Waals surface area contributed by atoms with Crippen LogP contribution in [-0.2, 0) is 12.8 Å². The number of H-pyrrole nitrogens is 1. The minimum Gasteiger partial charge on any atom is -0.349 e. The van der Waals surface area contributed by atoms with Gasteiger partial charge in [0.25, 0.3) is 0 Å². The fraction of sp³-hybridized carbons (Fsp3) is 0.417. The highest BCUT2D eigenvalue weighted by molar-refractivity contribution is 7.12. The molecule has 3 nitrogen and oxygen atoms in total. The molecule has 0 aromatic carbocycles. The Kier molecular flexibility index (Phi) is 3.74. The molecule has 2 heterocycles. The van der Waals surface area contributed by atoms with E-state index in [0.29, 0.717) is 6.04 Å². The third-order valence-corrected chi connectivity index (χ3v) is 4.02. The summed E-state index contributed by atoms with van der Waals surface area (Å²) in [6.07, 6.45) is 5.69. The predicted molar refractivity (Wildman–Crippen MR) is 67.8 cm³/mol. The standard InChI is InChI=1S/C12H17N3S/c1-3-9-4-5-11(16-9)10(13-2)8-12-14-6-7-15-12/h4-7,10,13H,3,8H2,1-2H3,(H,14,15). The van der Waals surface area contributed by atoms with E-state index in [-0.39, 0.29) is 0 Å². The second kappa shape index (κ2) is 5.27. The van der Waals surface area contributed by atoms with Crippen LogP contribution in [-0.4, -0.2) is 17.0 Å². The summed E-state index contributed by atoms with van der Waals surface area (Å²) in [6, 6.07) is 4.79. The van der Waals surface area contributed by atoms with Crippen molar-refractivity contribution in [1.82, 2.24) is 15.3 Å². The van der Waals surface area contributed by atoms with E-state index in [1.54, 1.807) is 6.20 Å². The lowest BCUT2D eigenvalue weighted by Crippen LogP contribution is -2.18. The van der Waals surface area contributed by atoms with E-state index in [2.05, 4.69) is 34.3 Å². The maximum absolute atomic E-state index is 4.27. The molecule has 0 bridgehead atoms. The van der Waals surface area contributed by atoms with Crippen LogP contribution in [0.2, 0.25) is 0 Å². The summed E-state index contributed by atoms with van der Waals surface area (Å²) in [4.78, 5) is 10.2. The van der Waals surface area contributed by atoms with Crippen LogP contribution < -0.4 is 5.32 Å². The normalized spacial score (nSPS) is 12.9. The maximum Gasteiger partial charge on any atom is 0.107 e. The first-order valence-corrected chi connectivity index (χ1v) is 6.39. The topological polar surface area (TPSA) is 40.7 Å². The molecule has 4 heteroatoms. The average Bonchev–Trinajstić information content (AvgIpc) is 2.96. The Bertz CT molecular complexity index is 419. The van der Waals surface area contributed by atoms with E-state index in [0.717, 1.165) is 18.7 Å². The smallest absolute Gasteiger partial charge is 0.107 e. The molecule has 16 heavy (non-hydrogen) atoms. The number of nitrogens with one attached hydrogen (secondary N) is 2. The zero-order valence-electron chi connectivity index (χ0n) is 9.66. The third kappa shape index (κ3) is 2.51. The molecule has 0 aliphatic carbocycles. The Balaban J connectivity index is 2.10. The Morgan fingerprint density at radius 3 is 2.94 bits per heavy atom. The minimum absolute atomic E-state index is 0.358. The SMILES string of the molecule is CCc1ccc(C(Cc2ncc[nH]2)NC)s1. The van der Waals surface area contributed by atoms with Crippen molar-refractivity contribution < 1.29 is 0 Å². The number of aromatic nitrogens is 2. The van der Waals surface area contributed by atoms with Crippen LogP contribution >= 0.6 is 11.3 Å². The van der Waals surface area contributed by atoms with Gasteiger partial charge in [-0.2, -0.15) is 0 Å². The first kappa shape index (κ1) is 11.4. The zero-order chi connectivity index (χ0) is 11.4. The molecule has 0 fully saturated rings. The fourth-order valence-corrected chi connectivity index (χ4v) is 2.78. The van der Waals surface area contributed by atoms with E-state index in [9.17, 15) is 0 Å². The molecular weight excluding hydrogens is 218 g/mol. The highest BCUT2D eigenvalue weighted by Gasteiger charge is 2.13. The average molecular weight is 235 g/mol. The van der Waals surface area contributed by atoms with Crippen molar-refractivity contribution in [3.63, 3.8) is 0 Å². The van der Waals surface area contributed by atoms with Crippen LogP contribution in [0.25, 0.3) is 0 Å². The van der Waals surface area contributed by atoms with Crippen molar-refractivity contribution in [2.45, 2.75) is 25.8 Å². The third-order valence-electron chi connectivity index (χ3n) is 2.68. The fourth-order valence-electron chi connectivity index (χ4n) is 1.72. The molecule has 0 aliphatic heterocycles. The summed E-state index contributed by atoms with van der Waals surface area (Å²) in [5, 5.41) is 3.34. The minimum atomic E-state index is 0.358. The summed E-state index contributed by atoms with van der Waals surface area (Å²) in [7, 11) is 2.00. The zero-order valence-corrected chi connectivity index (χ0v) is 10.5. The van der Waals surface area contributed by atoms with Crippen molar-refractivity contribution in [2.75, 3.05) is 7.05 Å². The second-order valence-corrected chi connectivity index (χ2v) is 4.94. The first-order valence-electron chi connectivity index (χ1n) is 5.57. The van der Waals surface area contributed by atoms with Crippen LogP contribution in [0.3, 0.4) is 0 Å². The second-order valence-electron chi connectivity index (χ2n) is 3.74. The molecule has 0 radical (unpaired) electrons.